The Balaban J connectivity index is 1.03. The molecule has 5 saturated carbocycles. The van der Waals surface area contributed by atoms with Gasteiger partial charge >= 0.3 is 0 Å². The van der Waals surface area contributed by atoms with Crippen LogP contribution in [0.25, 0.3) is 0 Å². The summed E-state index contributed by atoms with van der Waals surface area (Å²) in [6.07, 6.45) is 10.1. The molecule has 188 valence electrons. The topological polar surface area (TPSA) is 97.1 Å². The first kappa shape index (κ1) is 23.2. The molecule has 4 bridgehead atoms. The summed E-state index contributed by atoms with van der Waals surface area (Å²) in [5, 5.41) is 0. The molecule has 0 unspecified atom stereocenters. The zero-order valence-corrected chi connectivity index (χ0v) is 20.6. The normalized spacial score (nSPS) is 40.9. The molecule has 1 saturated heterocycles. The van der Waals surface area contributed by atoms with Crippen molar-refractivity contribution in [3.8, 4) is 5.75 Å². The van der Waals surface area contributed by atoms with Crippen molar-refractivity contribution in [2.24, 2.45) is 29.4 Å². The molecule has 5 aliphatic carbocycles. The van der Waals surface area contributed by atoms with E-state index in [1.165, 1.54) is 37.7 Å². The van der Waals surface area contributed by atoms with Gasteiger partial charge in [0.15, 0.2) is 9.84 Å². The average molecular weight is 492 g/mol. The van der Waals surface area contributed by atoms with Gasteiger partial charge in [0.1, 0.15) is 12.4 Å². The van der Waals surface area contributed by atoms with Gasteiger partial charge in [-0.05, 0) is 80.4 Å². The van der Waals surface area contributed by atoms with Crippen LogP contribution in [0.15, 0.2) is 24.3 Å². The van der Waals surface area contributed by atoms with E-state index in [0.717, 1.165) is 37.5 Å². The largest absolute Gasteiger partial charge is 0.493 e. The highest BCUT2D eigenvalue weighted by Crippen LogP contribution is 2.64. The molecule has 2 spiro atoms. The highest BCUT2D eigenvalue weighted by atomic mass is 32.2. The minimum absolute atomic E-state index is 0.000404. The lowest BCUT2D eigenvalue weighted by Crippen LogP contribution is -2.59. The molecule has 2 N–H and O–H groups in total. The maximum absolute atomic E-state index is 11.8. The van der Waals surface area contributed by atoms with Crippen LogP contribution in [0.2, 0.25) is 0 Å². The van der Waals surface area contributed by atoms with Gasteiger partial charge in [-0.3, -0.25) is 0 Å². The molecule has 6 aliphatic rings. The number of rotatable bonds is 7. The predicted octanol–water partition coefficient (Wildman–Crippen LogP) is 3.92. The number of nitrogens with two attached hydrogens (primary N) is 1. The quantitative estimate of drug-likeness (QED) is 0.577. The fourth-order valence-corrected chi connectivity index (χ4v) is 8.49. The maximum Gasteiger partial charge on any atom is 0.210 e. The van der Waals surface area contributed by atoms with Gasteiger partial charge in [-0.25, -0.2) is 8.42 Å². The third-order valence-corrected chi connectivity index (χ3v) is 10.8. The highest BCUT2D eigenvalue weighted by Gasteiger charge is 2.66. The van der Waals surface area contributed by atoms with Crippen LogP contribution in [0.5, 0.6) is 5.75 Å². The summed E-state index contributed by atoms with van der Waals surface area (Å²) in [6.45, 7) is 0.290. The van der Waals surface area contributed by atoms with E-state index in [4.69, 9.17) is 25.0 Å². The molecule has 7 nitrogen and oxygen atoms in total. The van der Waals surface area contributed by atoms with Crippen molar-refractivity contribution in [1.29, 1.82) is 0 Å². The van der Waals surface area contributed by atoms with Gasteiger partial charge < -0.3 is 15.2 Å². The molecular weight excluding hydrogens is 454 g/mol. The summed E-state index contributed by atoms with van der Waals surface area (Å²) >= 11 is 0. The second-order valence-electron chi connectivity index (χ2n) is 11.3. The minimum atomic E-state index is -3.14. The Bertz CT molecular complexity index is 957. The monoisotopic (exact) mass is 491 g/mol. The predicted molar refractivity (Wildman–Crippen MR) is 127 cm³/mol. The van der Waals surface area contributed by atoms with E-state index < -0.39 is 21.4 Å². The van der Waals surface area contributed by atoms with E-state index >= 15 is 0 Å². The zero-order chi connectivity index (χ0) is 23.4. The molecular formula is C26H37NO6S. The Labute approximate surface area is 202 Å². The Morgan fingerprint density at radius 3 is 2.18 bits per heavy atom. The highest BCUT2D eigenvalue weighted by molar-refractivity contribution is 7.91. The van der Waals surface area contributed by atoms with E-state index in [1.54, 1.807) is 0 Å². The van der Waals surface area contributed by atoms with Crippen molar-refractivity contribution in [2.45, 2.75) is 75.3 Å². The molecule has 0 atom stereocenters. The maximum atomic E-state index is 11.8. The Kier molecular flexibility index (Phi) is 5.96. The molecule has 0 aromatic heterocycles. The second kappa shape index (κ2) is 8.73. The van der Waals surface area contributed by atoms with Crippen LogP contribution in [0, 0.1) is 23.7 Å². The summed E-state index contributed by atoms with van der Waals surface area (Å²) in [7, 11) is -3.14. The number of ether oxygens (including phenoxy) is 2. The molecule has 7 rings (SSSR count). The fraction of sp³-hybridized carbons (Fsp3) is 0.769. The van der Waals surface area contributed by atoms with Crippen molar-refractivity contribution < 1.29 is 27.7 Å². The third kappa shape index (κ3) is 4.19. The molecule has 1 heterocycles. The second-order valence-corrected chi connectivity index (χ2v) is 13.6. The van der Waals surface area contributed by atoms with E-state index in [9.17, 15) is 8.42 Å². The van der Waals surface area contributed by atoms with E-state index in [0.29, 0.717) is 23.5 Å². The van der Waals surface area contributed by atoms with Crippen LogP contribution >= 0.6 is 0 Å². The lowest BCUT2D eigenvalue weighted by Gasteiger charge is -2.57. The van der Waals surface area contributed by atoms with Crippen molar-refractivity contribution in [3.05, 3.63) is 29.8 Å². The molecule has 0 radical (unpaired) electrons. The molecule has 8 heteroatoms. The van der Waals surface area contributed by atoms with Gasteiger partial charge in [0.05, 0.1) is 11.5 Å². The lowest BCUT2D eigenvalue weighted by atomic mass is 9.53. The molecule has 1 aromatic rings. The van der Waals surface area contributed by atoms with Crippen LogP contribution in [0.3, 0.4) is 0 Å². The summed E-state index contributed by atoms with van der Waals surface area (Å²) in [5.74, 6) is 2.80. The van der Waals surface area contributed by atoms with E-state index in [1.807, 2.05) is 12.1 Å². The smallest absolute Gasteiger partial charge is 0.210 e. The van der Waals surface area contributed by atoms with Crippen molar-refractivity contribution in [2.75, 3.05) is 24.7 Å². The molecule has 1 aromatic carbocycles. The van der Waals surface area contributed by atoms with E-state index in [2.05, 4.69) is 12.1 Å². The van der Waals surface area contributed by atoms with Gasteiger partial charge in [-0.15, -0.1) is 0 Å². The van der Waals surface area contributed by atoms with Crippen molar-refractivity contribution in [1.82, 2.24) is 0 Å². The van der Waals surface area contributed by atoms with Crippen molar-refractivity contribution in [3.63, 3.8) is 0 Å². The van der Waals surface area contributed by atoms with Crippen LogP contribution in [-0.4, -0.2) is 44.6 Å². The van der Waals surface area contributed by atoms with Crippen LogP contribution in [0.4, 0.5) is 0 Å². The van der Waals surface area contributed by atoms with Crippen LogP contribution in [-0.2, 0) is 24.3 Å². The first-order valence-corrected chi connectivity index (χ1v) is 14.9. The standard InChI is InChI=1S/C26H37NO6S/c27-9-11-34(28,29)12-10-30-24-3-1-20(2-4-24)21-5-7-25(8-6-21)31-26(33-32-25)22-14-18-13-19(16-22)17-23(26)15-18/h1-4,18-19,21-23H,5-17,27H2. The van der Waals surface area contributed by atoms with Gasteiger partial charge in [0.2, 0.25) is 11.6 Å². The van der Waals surface area contributed by atoms with Crippen LogP contribution in [0.1, 0.15) is 69.3 Å². The van der Waals surface area contributed by atoms with Gasteiger partial charge in [-0.1, -0.05) is 12.1 Å². The van der Waals surface area contributed by atoms with Crippen molar-refractivity contribution >= 4 is 9.84 Å². The first-order chi connectivity index (χ1) is 16.4. The van der Waals surface area contributed by atoms with Gasteiger partial charge in [0.25, 0.3) is 0 Å². The molecule has 34 heavy (non-hydrogen) atoms. The number of hydrogen-bond acceptors (Lipinski definition) is 7. The summed E-state index contributed by atoms with van der Waals surface area (Å²) in [4.78, 5) is 12.2. The van der Waals surface area contributed by atoms with Gasteiger partial charge in [-0.2, -0.15) is 9.78 Å². The van der Waals surface area contributed by atoms with Gasteiger partial charge in [0, 0.05) is 31.2 Å². The number of sulfone groups is 1. The SMILES string of the molecule is NCCS(=O)(=O)CCOc1ccc(C2CCC3(CC2)OOC2(O3)C3CC4CC(C3)CC2C4)cc1. The summed E-state index contributed by atoms with van der Waals surface area (Å²) in [6, 6.07) is 8.06. The summed E-state index contributed by atoms with van der Waals surface area (Å²) < 4.78 is 36.0. The average Bonchev–Trinajstić information content (AvgIpc) is 3.18. The zero-order valence-electron chi connectivity index (χ0n) is 19.8. The molecule has 6 fully saturated rings. The molecule has 0 amide bonds. The fourth-order valence-electron chi connectivity index (χ4n) is 7.59. The molecule has 1 aliphatic heterocycles. The van der Waals surface area contributed by atoms with E-state index in [-0.39, 0.29) is 24.7 Å². The van der Waals surface area contributed by atoms with Crippen LogP contribution < -0.4 is 10.5 Å². The first-order valence-electron chi connectivity index (χ1n) is 13.1. The third-order valence-electron chi connectivity index (χ3n) is 9.14. The Hall–Kier alpha value is -1.19. The lowest BCUT2D eigenvalue weighted by molar-refractivity contribution is -0.390. The Morgan fingerprint density at radius 1 is 0.912 bits per heavy atom. The minimum Gasteiger partial charge on any atom is -0.493 e. The number of hydrogen-bond donors (Lipinski definition) is 1. The summed E-state index contributed by atoms with van der Waals surface area (Å²) in [5.41, 5.74) is 6.62. The Morgan fingerprint density at radius 2 is 1.56 bits per heavy atom. The number of benzene rings is 1.